The number of benzene rings is 1. The van der Waals surface area contributed by atoms with Crippen molar-refractivity contribution in [1.82, 2.24) is 10.2 Å². The summed E-state index contributed by atoms with van der Waals surface area (Å²) in [5.74, 6) is -0.0150. The quantitative estimate of drug-likeness (QED) is 0.808. The monoisotopic (exact) mass is 389 g/mol. The number of carbonyl (C=O) groups excluding carboxylic acids is 1. The van der Waals surface area contributed by atoms with Gasteiger partial charge in [0.05, 0.1) is 18.2 Å². The Kier molecular flexibility index (Phi) is 9.17. The largest absolute Gasteiger partial charge is 0.374 e. The number of carbonyl (C=O) groups is 1. The molecule has 142 valence electrons. The van der Waals surface area contributed by atoms with Gasteiger partial charge in [-0.15, -0.1) is 24.8 Å². The van der Waals surface area contributed by atoms with Gasteiger partial charge in [0.1, 0.15) is 0 Å². The predicted molar refractivity (Wildman–Crippen MR) is 104 cm³/mol. The molecular formula is C18H29Cl2N3O2. The second kappa shape index (κ2) is 10.3. The van der Waals surface area contributed by atoms with Crippen LogP contribution in [0.2, 0.25) is 0 Å². The predicted octanol–water partition coefficient (Wildman–Crippen LogP) is 2.12. The summed E-state index contributed by atoms with van der Waals surface area (Å²) in [6.07, 6.45) is 3.74. The van der Waals surface area contributed by atoms with Gasteiger partial charge >= 0.3 is 0 Å². The number of hydrogen-bond donors (Lipinski definition) is 2. The number of nitrogens with two attached hydrogens (primary N) is 1. The third-order valence-corrected chi connectivity index (χ3v) is 4.91. The van der Waals surface area contributed by atoms with Crippen LogP contribution in [0.15, 0.2) is 30.3 Å². The second-order valence-electron chi connectivity index (χ2n) is 6.79. The average molecular weight is 390 g/mol. The van der Waals surface area contributed by atoms with Gasteiger partial charge in [0, 0.05) is 26.2 Å². The van der Waals surface area contributed by atoms with E-state index in [0.717, 1.165) is 45.3 Å². The van der Waals surface area contributed by atoms with Crippen LogP contribution in [0.5, 0.6) is 0 Å². The molecule has 5 nitrogen and oxygen atoms in total. The Balaban J connectivity index is 0.00000156. The first-order chi connectivity index (χ1) is 11.2. The molecule has 0 spiro atoms. The molecular weight excluding hydrogens is 361 g/mol. The lowest BCUT2D eigenvalue weighted by Crippen LogP contribution is -2.55. The number of rotatable bonds is 5. The van der Waals surface area contributed by atoms with E-state index in [0.29, 0.717) is 13.2 Å². The number of ether oxygens (including phenoxy) is 1. The Bertz CT molecular complexity index is 524. The van der Waals surface area contributed by atoms with E-state index >= 15 is 0 Å². The average Bonchev–Trinajstić information content (AvgIpc) is 3.02. The summed E-state index contributed by atoms with van der Waals surface area (Å²) >= 11 is 0. The van der Waals surface area contributed by atoms with Crippen LogP contribution in [-0.4, -0.2) is 48.7 Å². The van der Waals surface area contributed by atoms with Crippen molar-refractivity contribution in [3.63, 3.8) is 0 Å². The zero-order valence-electron chi connectivity index (χ0n) is 14.5. The van der Waals surface area contributed by atoms with E-state index in [1.54, 1.807) is 0 Å². The SMILES string of the molecule is Cl.Cl.NC1(C(=O)NCC2CN(Cc3ccccc3)CCO2)CCCC1. The van der Waals surface area contributed by atoms with Crippen molar-refractivity contribution < 1.29 is 9.53 Å². The van der Waals surface area contributed by atoms with Gasteiger partial charge in [-0.25, -0.2) is 0 Å². The van der Waals surface area contributed by atoms with Gasteiger partial charge in [0.25, 0.3) is 0 Å². The Morgan fingerprint density at radius 1 is 1.24 bits per heavy atom. The maximum atomic E-state index is 12.3. The van der Waals surface area contributed by atoms with Crippen LogP contribution in [0.3, 0.4) is 0 Å². The molecule has 1 saturated heterocycles. The lowest BCUT2D eigenvalue weighted by Gasteiger charge is -2.33. The van der Waals surface area contributed by atoms with Gasteiger partial charge in [-0.2, -0.15) is 0 Å². The molecule has 0 aromatic heterocycles. The van der Waals surface area contributed by atoms with E-state index < -0.39 is 5.54 Å². The van der Waals surface area contributed by atoms with E-state index in [-0.39, 0.29) is 36.8 Å². The van der Waals surface area contributed by atoms with Crippen molar-refractivity contribution in [2.75, 3.05) is 26.2 Å². The molecule has 3 N–H and O–H groups in total. The third kappa shape index (κ3) is 6.12. The molecule has 2 aliphatic rings. The first-order valence-corrected chi connectivity index (χ1v) is 8.61. The first kappa shape index (κ1) is 22.2. The third-order valence-electron chi connectivity index (χ3n) is 4.91. The topological polar surface area (TPSA) is 67.6 Å². The van der Waals surface area contributed by atoms with Gasteiger partial charge in [0.2, 0.25) is 5.91 Å². The van der Waals surface area contributed by atoms with Crippen LogP contribution in [0, 0.1) is 0 Å². The van der Waals surface area contributed by atoms with Crippen LogP contribution in [0.25, 0.3) is 0 Å². The highest BCUT2D eigenvalue weighted by molar-refractivity contribution is 5.86. The fourth-order valence-electron chi connectivity index (χ4n) is 3.50. The highest BCUT2D eigenvalue weighted by Gasteiger charge is 2.37. The molecule has 1 aromatic rings. The Morgan fingerprint density at radius 3 is 2.60 bits per heavy atom. The van der Waals surface area contributed by atoms with Crippen molar-refractivity contribution in [3.05, 3.63) is 35.9 Å². The molecule has 1 saturated carbocycles. The Hall–Kier alpha value is -0.850. The lowest BCUT2D eigenvalue weighted by atomic mass is 9.98. The minimum Gasteiger partial charge on any atom is -0.374 e. The Morgan fingerprint density at radius 2 is 1.92 bits per heavy atom. The zero-order valence-corrected chi connectivity index (χ0v) is 16.1. The van der Waals surface area contributed by atoms with E-state index in [1.165, 1.54) is 5.56 Å². The van der Waals surface area contributed by atoms with Crippen molar-refractivity contribution in [3.8, 4) is 0 Å². The van der Waals surface area contributed by atoms with Crippen LogP contribution < -0.4 is 11.1 Å². The molecule has 2 fully saturated rings. The summed E-state index contributed by atoms with van der Waals surface area (Å²) in [5.41, 5.74) is 6.84. The molecule has 3 rings (SSSR count). The standard InChI is InChI=1S/C18H27N3O2.2ClH/c19-18(8-4-5-9-18)17(22)20-12-16-14-21(10-11-23-16)13-15-6-2-1-3-7-15;;/h1-3,6-7,16H,4-5,8-14,19H2,(H,20,22);2*1H. The molecule has 1 unspecified atom stereocenters. The van der Waals surface area contributed by atoms with Crippen LogP contribution >= 0.6 is 24.8 Å². The van der Waals surface area contributed by atoms with Crippen LogP contribution in [0.1, 0.15) is 31.2 Å². The van der Waals surface area contributed by atoms with Crippen molar-refractivity contribution in [2.24, 2.45) is 5.73 Å². The molecule has 1 aliphatic heterocycles. The summed E-state index contributed by atoms with van der Waals surface area (Å²) in [6.45, 7) is 3.95. The molecule has 7 heteroatoms. The number of amides is 1. The number of nitrogens with one attached hydrogen (secondary N) is 1. The minimum atomic E-state index is -0.654. The normalized spacial score (nSPS) is 22.5. The van der Waals surface area contributed by atoms with E-state index in [1.807, 2.05) is 6.07 Å². The fourth-order valence-corrected chi connectivity index (χ4v) is 3.50. The fraction of sp³-hybridized carbons (Fsp3) is 0.611. The summed E-state index contributed by atoms with van der Waals surface area (Å²) in [5, 5.41) is 3.00. The van der Waals surface area contributed by atoms with E-state index in [2.05, 4.69) is 34.5 Å². The molecule has 1 heterocycles. The van der Waals surface area contributed by atoms with Crippen molar-refractivity contribution >= 4 is 30.7 Å². The zero-order chi connectivity index (χ0) is 16.1. The molecule has 0 bridgehead atoms. The molecule has 25 heavy (non-hydrogen) atoms. The lowest BCUT2D eigenvalue weighted by molar-refractivity contribution is -0.127. The maximum Gasteiger partial charge on any atom is 0.240 e. The van der Waals surface area contributed by atoms with Gasteiger partial charge in [0.15, 0.2) is 0 Å². The first-order valence-electron chi connectivity index (χ1n) is 8.61. The van der Waals surface area contributed by atoms with E-state index in [9.17, 15) is 4.79 Å². The number of halogens is 2. The van der Waals surface area contributed by atoms with Crippen molar-refractivity contribution in [2.45, 2.75) is 43.9 Å². The van der Waals surface area contributed by atoms with Gasteiger partial charge in [-0.3, -0.25) is 9.69 Å². The van der Waals surface area contributed by atoms with Crippen LogP contribution in [0.4, 0.5) is 0 Å². The van der Waals surface area contributed by atoms with Gasteiger partial charge < -0.3 is 15.8 Å². The summed E-state index contributed by atoms with van der Waals surface area (Å²) < 4.78 is 5.79. The molecule has 1 aliphatic carbocycles. The number of morpholine rings is 1. The molecule has 1 amide bonds. The molecule has 1 aromatic carbocycles. The highest BCUT2D eigenvalue weighted by atomic mass is 35.5. The molecule has 0 radical (unpaired) electrons. The summed E-state index contributed by atoms with van der Waals surface area (Å²) in [6, 6.07) is 10.5. The number of hydrogen-bond acceptors (Lipinski definition) is 4. The summed E-state index contributed by atoms with van der Waals surface area (Å²) in [7, 11) is 0. The minimum absolute atomic E-state index is 0. The number of nitrogens with zero attached hydrogens (tertiary/aromatic N) is 1. The van der Waals surface area contributed by atoms with Gasteiger partial charge in [-0.05, 0) is 18.4 Å². The Labute approximate surface area is 162 Å². The van der Waals surface area contributed by atoms with Crippen molar-refractivity contribution in [1.29, 1.82) is 0 Å². The van der Waals surface area contributed by atoms with E-state index in [4.69, 9.17) is 10.5 Å². The second-order valence-corrected chi connectivity index (χ2v) is 6.79. The maximum absolute atomic E-state index is 12.3. The molecule has 1 atom stereocenters. The van der Waals surface area contributed by atoms with Gasteiger partial charge in [-0.1, -0.05) is 43.2 Å². The van der Waals surface area contributed by atoms with Crippen LogP contribution in [-0.2, 0) is 16.1 Å². The smallest absolute Gasteiger partial charge is 0.240 e. The highest BCUT2D eigenvalue weighted by Crippen LogP contribution is 2.27. The summed E-state index contributed by atoms with van der Waals surface area (Å²) in [4.78, 5) is 14.7.